The van der Waals surface area contributed by atoms with Crippen molar-refractivity contribution in [3.63, 3.8) is 0 Å². The number of carbonyl (C=O) groups excluding carboxylic acids is 3. The fourth-order valence-electron chi connectivity index (χ4n) is 3.36. The van der Waals surface area contributed by atoms with Crippen LogP contribution in [0.2, 0.25) is 0 Å². The van der Waals surface area contributed by atoms with Crippen molar-refractivity contribution >= 4 is 45.5 Å². The summed E-state index contributed by atoms with van der Waals surface area (Å²) in [5.74, 6) is -3.35. The van der Waals surface area contributed by atoms with Gasteiger partial charge in [0, 0.05) is 16.1 Å². The fourth-order valence-corrected chi connectivity index (χ4v) is 4.63. The zero-order valence-electron chi connectivity index (χ0n) is 17.3. The van der Waals surface area contributed by atoms with Gasteiger partial charge in [0.15, 0.2) is 0 Å². The summed E-state index contributed by atoms with van der Waals surface area (Å²) in [6.45, 7) is 0. The van der Waals surface area contributed by atoms with Gasteiger partial charge < -0.3 is 14.8 Å². The molecular weight excluding hydrogens is 496 g/mol. The molecule has 2 aromatic rings. The number of hydrogen-bond acceptors (Lipinski definition) is 7. The van der Waals surface area contributed by atoms with Crippen molar-refractivity contribution in [3.8, 4) is 6.07 Å². The highest BCUT2D eigenvalue weighted by Gasteiger charge is 2.44. The Bertz CT molecular complexity index is 1110. The Balaban J connectivity index is 2.01. The smallest absolute Gasteiger partial charge is 0.337 e. The molecule has 1 aliphatic heterocycles. The molecule has 1 aliphatic rings. The Hall–Kier alpha value is -3.09. The van der Waals surface area contributed by atoms with Crippen molar-refractivity contribution in [2.45, 2.75) is 11.7 Å². The van der Waals surface area contributed by atoms with Crippen molar-refractivity contribution in [1.82, 2.24) is 5.32 Å². The molecule has 0 spiro atoms. The minimum Gasteiger partial charge on any atom is -0.468 e. The number of carbonyl (C=O) groups is 3. The van der Waals surface area contributed by atoms with Gasteiger partial charge in [0.05, 0.1) is 36.5 Å². The van der Waals surface area contributed by atoms with Gasteiger partial charge in [-0.25, -0.2) is 4.79 Å². The maximum atomic E-state index is 12.9. The molecule has 1 amide bonds. The largest absolute Gasteiger partial charge is 0.468 e. The summed E-state index contributed by atoms with van der Waals surface area (Å²) >= 11 is 4.70. The van der Waals surface area contributed by atoms with Crippen LogP contribution in [-0.4, -0.2) is 32.1 Å². The van der Waals surface area contributed by atoms with Crippen molar-refractivity contribution < 1.29 is 23.9 Å². The summed E-state index contributed by atoms with van der Waals surface area (Å²) in [7, 11) is 2.47. The average molecular weight is 515 g/mol. The normalized spacial score (nSPS) is 17.9. The van der Waals surface area contributed by atoms with Crippen molar-refractivity contribution in [2.75, 3.05) is 14.2 Å². The molecule has 164 valence electrons. The van der Waals surface area contributed by atoms with E-state index in [1.807, 2.05) is 24.3 Å². The second kappa shape index (κ2) is 10.5. The molecule has 1 heterocycles. The Morgan fingerprint density at radius 2 is 1.75 bits per heavy atom. The average Bonchev–Trinajstić information content (AvgIpc) is 2.82. The summed E-state index contributed by atoms with van der Waals surface area (Å²) in [5, 5.41) is 13.1. The SMILES string of the molecule is COC(=O)c1ccc([C@@H]2C(C#N)=C(SCc3ccc(Br)cc3)NC(=O)[C@H]2C(=O)OC)cc1. The highest BCUT2D eigenvalue weighted by Crippen LogP contribution is 2.41. The number of esters is 2. The van der Waals surface area contributed by atoms with E-state index in [1.54, 1.807) is 12.1 Å². The van der Waals surface area contributed by atoms with Crippen molar-refractivity contribution in [2.24, 2.45) is 5.92 Å². The van der Waals surface area contributed by atoms with Gasteiger partial charge in [-0.15, -0.1) is 11.8 Å². The Morgan fingerprint density at radius 3 is 2.31 bits per heavy atom. The van der Waals surface area contributed by atoms with Gasteiger partial charge >= 0.3 is 11.9 Å². The van der Waals surface area contributed by atoms with Crippen LogP contribution in [-0.2, 0) is 24.8 Å². The molecule has 0 fully saturated rings. The van der Waals surface area contributed by atoms with Crippen LogP contribution < -0.4 is 5.32 Å². The molecule has 3 rings (SSSR count). The first-order valence-corrected chi connectivity index (χ1v) is 11.3. The first-order valence-electron chi connectivity index (χ1n) is 9.48. The zero-order chi connectivity index (χ0) is 23.3. The molecule has 0 radical (unpaired) electrons. The van der Waals surface area contributed by atoms with E-state index in [0.29, 0.717) is 21.9 Å². The molecule has 0 saturated heterocycles. The first-order chi connectivity index (χ1) is 15.4. The number of ether oxygens (including phenoxy) is 2. The van der Waals surface area contributed by atoms with E-state index in [2.05, 4.69) is 27.3 Å². The highest BCUT2D eigenvalue weighted by atomic mass is 79.9. The lowest BCUT2D eigenvalue weighted by Crippen LogP contribution is -2.44. The molecule has 1 N–H and O–H groups in total. The molecule has 2 aromatic carbocycles. The molecule has 7 nitrogen and oxygen atoms in total. The second-order valence-electron chi connectivity index (χ2n) is 6.85. The van der Waals surface area contributed by atoms with Crippen LogP contribution in [0.1, 0.15) is 27.4 Å². The summed E-state index contributed by atoms with van der Waals surface area (Å²) in [6.07, 6.45) is 0. The third-order valence-electron chi connectivity index (χ3n) is 4.97. The van der Waals surface area contributed by atoms with E-state index >= 15 is 0 Å². The molecule has 9 heteroatoms. The van der Waals surface area contributed by atoms with Gasteiger partial charge in [-0.2, -0.15) is 5.26 Å². The monoisotopic (exact) mass is 514 g/mol. The number of rotatable bonds is 6. The van der Waals surface area contributed by atoms with Gasteiger partial charge in [0.1, 0.15) is 5.92 Å². The van der Waals surface area contributed by atoms with E-state index < -0.39 is 29.7 Å². The molecule has 0 bridgehead atoms. The maximum absolute atomic E-state index is 12.9. The number of allylic oxidation sites excluding steroid dienone is 1. The van der Waals surface area contributed by atoms with Gasteiger partial charge in [0.25, 0.3) is 0 Å². The Labute approximate surface area is 197 Å². The lowest BCUT2D eigenvalue weighted by atomic mass is 9.78. The number of methoxy groups -OCH3 is 2. The topological polar surface area (TPSA) is 105 Å². The van der Waals surface area contributed by atoms with E-state index in [0.717, 1.165) is 10.0 Å². The number of thioether (sulfide) groups is 1. The van der Waals surface area contributed by atoms with Gasteiger partial charge in [0.2, 0.25) is 5.91 Å². The number of hydrogen-bond donors (Lipinski definition) is 1. The van der Waals surface area contributed by atoms with Crippen LogP contribution in [0.15, 0.2) is 63.6 Å². The molecule has 0 aliphatic carbocycles. The third kappa shape index (κ3) is 5.03. The Morgan fingerprint density at radius 1 is 1.09 bits per heavy atom. The van der Waals surface area contributed by atoms with Crippen LogP contribution in [0.4, 0.5) is 0 Å². The molecular formula is C23H19BrN2O5S. The fraction of sp³-hybridized carbons (Fsp3) is 0.217. The number of amides is 1. The summed E-state index contributed by atoms with van der Waals surface area (Å²) in [5.41, 5.74) is 2.12. The van der Waals surface area contributed by atoms with Crippen LogP contribution in [0.5, 0.6) is 0 Å². The number of halogens is 1. The number of nitriles is 1. The number of benzene rings is 2. The molecule has 0 unspecified atom stereocenters. The molecule has 0 aromatic heterocycles. The van der Waals surface area contributed by atoms with Crippen molar-refractivity contribution in [1.29, 1.82) is 5.26 Å². The quantitative estimate of drug-likeness (QED) is 0.460. The minimum atomic E-state index is -1.23. The lowest BCUT2D eigenvalue weighted by molar-refractivity contribution is -0.150. The van der Waals surface area contributed by atoms with E-state index in [-0.39, 0.29) is 5.57 Å². The van der Waals surface area contributed by atoms with Crippen LogP contribution >= 0.6 is 27.7 Å². The summed E-state index contributed by atoms with van der Waals surface area (Å²) in [6, 6.07) is 16.2. The molecule has 0 saturated carbocycles. The molecule has 32 heavy (non-hydrogen) atoms. The van der Waals surface area contributed by atoms with Crippen LogP contribution in [0.25, 0.3) is 0 Å². The van der Waals surface area contributed by atoms with Crippen LogP contribution in [0, 0.1) is 17.2 Å². The van der Waals surface area contributed by atoms with Gasteiger partial charge in [-0.05, 0) is 35.4 Å². The molecule has 2 atom stereocenters. The number of nitrogens with zero attached hydrogens (tertiary/aromatic N) is 1. The van der Waals surface area contributed by atoms with E-state index in [4.69, 9.17) is 9.47 Å². The van der Waals surface area contributed by atoms with Crippen LogP contribution in [0.3, 0.4) is 0 Å². The van der Waals surface area contributed by atoms with E-state index in [1.165, 1.54) is 38.1 Å². The predicted octanol–water partition coefficient (Wildman–Crippen LogP) is 3.91. The summed E-state index contributed by atoms with van der Waals surface area (Å²) < 4.78 is 10.5. The third-order valence-corrected chi connectivity index (χ3v) is 6.59. The maximum Gasteiger partial charge on any atom is 0.337 e. The number of nitrogens with one attached hydrogen (secondary N) is 1. The first kappa shape index (κ1) is 23.6. The highest BCUT2D eigenvalue weighted by molar-refractivity contribution is 9.10. The van der Waals surface area contributed by atoms with E-state index in [9.17, 15) is 19.6 Å². The van der Waals surface area contributed by atoms with Gasteiger partial charge in [-0.3, -0.25) is 9.59 Å². The van der Waals surface area contributed by atoms with Crippen molar-refractivity contribution in [3.05, 3.63) is 80.3 Å². The van der Waals surface area contributed by atoms with Gasteiger partial charge in [-0.1, -0.05) is 40.2 Å². The Kier molecular flexibility index (Phi) is 7.72. The summed E-state index contributed by atoms with van der Waals surface area (Å²) in [4.78, 5) is 37.1. The standard InChI is InChI=1S/C23H19BrN2O5S/c1-30-22(28)15-7-5-14(6-8-15)18-17(11-25)21(26-20(27)19(18)23(29)31-2)32-12-13-3-9-16(24)10-4-13/h3-10,18-19H,12H2,1-2H3,(H,26,27)/t18-,19+/m1/s1. The minimum absolute atomic E-state index is 0.257. The zero-order valence-corrected chi connectivity index (χ0v) is 19.7. The lowest BCUT2D eigenvalue weighted by Gasteiger charge is -2.31. The predicted molar refractivity (Wildman–Crippen MR) is 122 cm³/mol. The second-order valence-corrected chi connectivity index (χ2v) is 8.75.